The van der Waals surface area contributed by atoms with Crippen LogP contribution in [0.1, 0.15) is 31.2 Å². The number of nitrogens with one attached hydrogen (secondary N) is 1. The van der Waals surface area contributed by atoms with Gasteiger partial charge in [0.25, 0.3) is 0 Å². The Morgan fingerprint density at radius 1 is 1.38 bits per heavy atom. The summed E-state index contributed by atoms with van der Waals surface area (Å²) in [7, 11) is 0. The maximum atomic E-state index is 13.4. The number of carboxylic acids is 1. The van der Waals surface area contributed by atoms with Crippen LogP contribution in [-0.4, -0.2) is 35.0 Å². The van der Waals surface area contributed by atoms with Crippen molar-refractivity contribution in [1.82, 2.24) is 5.32 Å². The Morgan fingerprint density at radius 3 is 2.62 bits per heavy atom. The highest BCUT2D eigenvalue weighted by Crippen LogP contribution is 2.33. The fraction of sp³-hybridized carbons (Fsp3) is 0.471. The Morgan fingerprint density at radius 2 is 2.08 bits per heavy atom. The lowest BCUT2D eigenvalue weighted by Crippen LogP contribution is -2.60. The lowest BCUT2D eigenvalue weighted by molar-refractivity contribution is -0.152. The van der Waals surface area contributed by atoms with Gasteiger partial charge in [-0.25, -0.2) is 9.18 Å². The number of benzene rings is 1. The summed E-state index contributed by atoms with van der Waals surface area (Å²) in [5.74, 6) is -2.61. The molecule has 2 fully saturated rings. The van der Waals surface area contributed by atoms with Gasteiger partial charge in [-0.3, -0.25) is 9.59 Å². The summed E-state index contributed by atoms with van der Waals surface area (Å²) >= 11 is 0. The molecule has 0 radical (unpaired) electrons. The molecule has 1 unspecified atom stereocenters. The van der Waals surface area contributed by atoms with Gasteiger partial charge in [-0.1, -0.05) is 0 Å². The van der Waals surface area contributed by atoms with Crippen LogP contribution in [0.25, 0.3) is 0 Å². The fourth-order valence-electron chi connectivity index (χ4n) is 3.19. The van der Waals surface area contributed by atoms with E-state index in [4.69, 9.17) is 0 Å². The topological polar surface area (TPSA) is 86.7 Å². The molecule has 3 rings (SSSR count). The number of hydrogen-bond acceptors (Lipinski definition) is 3. The summed E-state index contributed by atoms with van der Waals surface area (Å²) in [6.45, 7) is 1.78. The molecule has 0 spiro atoms. The van der Waals surface area contributed by atoms with Crippen molar-refractivity contribution < 1.29 is 23.9 Å². The van der Waals surface area contributed by atoms with Crippen molar-refractivity contribution in [2.45, 2.75) is 38.1 Å². The van der Waals surface area contributed by atoms with Crippen LogP contribution in [0.4, 0.5) is 10.1 Å². The summed E-state index contributed by atoms with van der Waals surface area (Å²) in [5.41, 5.74) is -0.210. The number of carbonyl (C=O) groups excluding carboxylic acids is 2. The number of carbonyl (C=O) groups is 3. The zero-order valence-corrected chi connectivity index (χ0v) is 13.3. The van der Waals surface area contributed by atoms with Crippen LogP contribution in [0.5, 0.6) is 0 Å². The average Bonchev–Trinajstić information content (AvgIpc) is 2.87. The van der Waals surface area contributed by atoms with Gasteiger partial charge in [-0.2, -0.15) is 0 Å². The van der Waals surface area contributed by atoms with E-state index in [0.717, 1.165) is 6.42 Å². The van der Waals surface area contributed by atoms with Crippen LogP contribution in [0.3, 0.4) is 0 Å². The summed E-state index contributed by atoms with van der Waals surface area (Å²) in [4.78, 5) is 37.4. The lowest BCUT2D eigenvalue weighted by atomic mass is 9.76. The molecule has 6 nitrogen and oxygen atoms in total. The molecule has 128 valence electrons. The fourth-order valence-corrected chi connectivity index (χ4v) is 3.19. The van der Waals surface area contributed by atoms with Gasteiger partial charge in [-0.15, -0.1) is 0 Å². The van der Waals surface area contributed by atoms with Gasteiger partial charge in [0.15, 0.2) is 0 Å². The maximum Gasteiger partial charge on any atom is 0.329 e. The van der Waals surface area contributed by atoms with Crippen molar-refractivity contribution in [2.24, 2.45) is 5.92 Å². The summed E-state index contributed by atoms with van der Waals surface area (Å²) in [6.07, 6.45) is 1.61. The van der Waals surface area contributed by atoms with E-state index in [1.54, 1.807) is 13.0 Å². The third-order valence-electron chi connectivity index (χ3n) is 4.93. The minimum atomic E-state index is -1.18. The molecular formula is C17H19FN2O4. The number of aliphatic carboxylic acids is 1. The number of rotatable bonds is 4. The predicted molar refractivity (Wildman–Crippen MR) is 84.0 cm³/mol. The van der Waals surface area contributed by atoms with Crippen LogP contribution in [0, 0.1) is 18.7 Å². The number of nitrogens with zero attached hydrogens (tertiary/aromatic N) is 1. The van der Waals surface area contributed by atoms with E-state index in [1.165, 1.54) is 17.0 Å². The molecule has 1 saturated heterocycles. The van der Waals surface area contributed by atoms with Gasteiger partial charge in [0.2, 0.25) is 11.8 Å². The standard InChI is InChI=1S/C17H19FN2O4/c1-10-7-12(3-4-13(10)18)20-9-11(8-14(20)21)15(22)19-17(16(23)24)5-2-6-17/h3-4,7,11H,2,5-6,8-9H2,1H3,(H,19,22)(H,23,24). The molecule has 1 aliphatic heterocycles. The van der Waals surface area contributed by atoms with E-state index < -0.39 is 23.3 Å². The summed E-state index contributed by atoms with van der Waals surface area (Å²) in [6, 6.07) is 4.36. The number of anilines is 1. The monoisotopic (exact) mass is 334 g/mol. The molecule has 1 heterocycles. The third kappa shape index (κ3) is 2.74. The first kappa shape index (κ1) is 16.4. The van der Waals surface area contributed by atoms with E-state index in [2.05, 4.69) is 5.32 Å². The van der Waals surface area contributed by atoms with E-state index in [-0.39, 0.29) is 24.7 Å². The summed E-state index contributed by atoms with van der Waals surface area (Å²) < 4.78 is 13.4. The lowest BCUT2D eigenvalue weighted by Gasteiger charge is -2.38. The van der Waals surface area contributed by atoms with Gasteiger partial charge in [-0.05, 0) is 49.9 Å². The first-order valence-corrected chi connectivity index (χ1v) is 7.94. The first-order valence-electron chi connectivity index (χ1n) is 7.94. The highest BCUT2D eigenvalue weighted by Gasteiger charge is 2.47. The first-order chi connectivity index (χ1) is 11.3. The zero-order valence-electron chi connectivity index (χ0n) is 13.3. The molecule has 1 aromatic rings. The molecule has 2 N–H and O–H groups in total. The largest absolute Gasteiger partial charge is 0.480 e. The quantitative estimate of drug-likeness (QED) is 0.876. The average molecular weight is 334 g/mol. The van der Waals surface area contributed by atoms with E-state index >= 15 is 0 Å². The Bertz CT molecular complexity index is 715. The molecule has 24 heavy (non-hydrogen) atoms. The van der Waals surface area contributed by atoms with Crippen LogP contribution in [-0.2, 0) is 14.4 Å². The van der Waals surface area contributed by atoms with Gasteiger partial charge in [0, 0.05) is 18.7 Å². The Labute approximate surface area is 138 Å². The molecule has 1 atom stereocenters. The van der Waals surface area contributed by atoms with Crippen molar-refractivity contribution in [3.05, 3.63) is 29.6 Å². The van der Waals surface area contributed by atoms with Gasteiger partial charge in [0.05, 0.1) is 5.92 Å². The zero-order chi connectivity index (χ0) is 17.5. The Hall–Kier alpha value is -2.44. The SMILES string of the molecule is Cc1cc(N2CC(C(=O)NC3(C(=O)O)CCC3)CC2=O)ccc1F. The van der Waals surface area contributed by atoms with E-state index in [9.17, 15) is 23.9 Å². The molecule has 2 amide bonds. The highest BCUT2D eigenvalue weighted by molar-refractivity contribution is 6.01. The second kappa shape index (κ2) is 5.89. The molecule has 2 aliphatic rings. The molecule has 1 aliphatic carbocycles. The Balaban J connectivity index is 1.71. The van der Waals surface area contributed by atoms with E-state index in [0.29, 0.717) is 24.1 Å². The Kier molecular flexibility index (Phi) is 4.03. The smallest absolute Gasteiger partial charge is 0.329 e. The number of carboxylic acid groups (broad SMARTS) is 1. The van der Waals surface area contributed by atoms with Crippen LogP contribution >= 0.6 is 0 Å². The van der Waals surface area contributed by atoms with Crippen LogP contribution in [0.15, 0.2) is 18.2 Å². The second-order valence-corrected chi connectivity index (χ2v) is 6.57. The van der Waals surface area contributed by atoms with Gasteiger partial charge < -0.3 is 15.3 Å². The molecule has 1 aromatic carbocycles. The molecule has 0 aromatic heterocycles. The van der Waals surface area contributed by atoms with Crippen LogP contribution < -0.4 is 10.2 Å². The minimum Gasteiger partial charge on any atom is -0.480 e. The second-order valence-electron chi connectivity index (χ2n) is 6.57. The third-order valence-corrected chi connectivity index (χ3v) is 4.93. The van der Waals surface area contributed by atoms with Crippen molar-refractivity contribution in [3.8, 4) is 0 Å². The van der Waals surface area contributed by atoms with Crippen molar-refractivity contribution in [1.29, 1.82) is 0 Å². The molecule has 0 bridgehead atoms. The number of halogens is 1. The molecule has 1 saturated carbocycles. The number of amides is 2. The van der Waals surface area contributed by atoms with Crippen molar-refractivity contribution >= 4 is 23.5 Å². The van der Waals surface area contributed by atoms with Crippen LogP contribution in [0.2, 0.25) is 0 Å². The van der Waals surface area contributed by atoms with Crippen molar-refractivity contribution in [2.75, 3.05) is 11.4 Å². The predicted octanol–water partition coefficient (Wildman–Crippen LogP) is 1.61. The maximum absolute atomic E-state index is 13.4. The van der Waals surface area contributed by atoms with Gasteiger partial charge >= 0.3 is 5.97 Å². The minimum absolute atomic E-state index is 0.0258. The van der Waals surface area contributed by atoms with Gasteiger partial charge in [0.1, 0.15) is 11.4 Å². The van der Waals surface area contributed by atoms with E-state index in [1.807, 2.05) is 0 Å². The van der Waals surface area contributed by atoms with Crippen molar-refractivity contribution in [3.63, 3.8) is 0 Å². The summed E-state index contributed by atoms with van der Waals surface area (Å²) in [5, 5.41) is 11.9. The highest BCUT2D eigenvalue weighted by atomic mass is 19.1. The number of hydrogen-bond donors (Lipinski definition) is 2. The molecule has 7 heteroatoms. The molecular weight excluding hydrogens is 315 g/mol. The normalized spacial score (nSPS) is 22.2. The number of aryl methyl sites for hydroxylation is 1.